The van der Waals surface area contributed by atoms with Crippen LogP contribution in [0.5, 0.6) is 5.75 Å². The third kappa shape index (κ3) is 4.14. The average Bonchev–Trinajstić information content (AvgIpc) is 2.63. The van der Waals surface area contributed by atoms with Crippen LogP contribution in [0.2, 0.25) is 10.0 Å². The number of quaternary nitrogens is 1. The van der Waals surface area contributed by atoms with Gasteiger partial charge in [0.15, 0.2) is 5.75 Å². The van der Waals surface area contributed by atoms with Crippen LogP contribution in [0.4, 0.5) is 0 Å². The first-order valence-electron chi connectivity index (χ1n) is 8.70. The highest BCUT2D eigenvalue weighted by atomic mass is 35.5. The molecule has 3 rings (SSSR count). The van der Waals surface area contributed by atoms with Crippen LogP contribution in [0.1, 0.15) is 21.5 Å². The van der Waals surface area contributed by atoms with Gasteiger partial charge in [0.1, 0.15) is 6.54 Å². The monoisotopic (exact) mass is 393 g/mol. The molecule has 1 aliphatic rings. The zero-order valence-electron chi connectivity index (χ0n) is 15.0. The Morgan fingerprint density at radius 3 is 2.35 bits per heavy atom. The van der Waals surface area contributed by atoms with Crippen molar-refractivity contribution in [3.05, 3.63) is 63.1 Å². The largest absolute Gasteiger partial charge is 0.494 e. The summed E-state index contributed by atoms with van der Waals surface area (Å²) < 4.78 is 5.14. The number of methoxy groups -OCH3 is 1. The zero-order valence-corrected chi connectivity index (χ0v) is 16.5. The number of aryl methyl sites for hydroxylation is 1. The Morgan fingerprint density at radius 2 is 1.77 bits per heavy atom. The molecule has 0 unspecified atom stereocenters. The van der Waals surface area contributed by atoms with Gasteiger partial charge in [0.05, 0.1) is 43.3 Å². The van der Waals surface area contributed by atoms with Crippen molar-refractivity contribution >= 4 is 29.1 Å². The first-order chi connectivity index (χ1) is 12.5. The Balaban J connectivity index is 1.63. The van der Waals surface area contributed by atoms with Gasteiger partial charge >= 0.3 is 0 Å². The lowest BCUT2D eigenvalue weighted by molar-refractivity contribution is -0.917. The third-order valence-electron chi connectivity index (χ3n) is 4.91. The Labute approximate surface area is 164 Å². The van der Waals surface area contributed by atoms with Crippen molar-refractivity contribution in [2.45, 2.75) is 13.5 Å². The van der Waals surface area contributed by atoms with Gasteiger partial charge in [0, 0.05) is 11.1 Å². The van der Waals surface area contributed by atoms with Gasteiger partial charge in [0.2, 0.25) is 0 Å². The number of carbonyl (C=O) groups excluding carboxylic acids is 1. The van der Waals surface area contributed by atoms with Crippen LogP contribution in [0.15, 0.2) is 36.4 Å². The Hall–Kier alpha value is -1.75. The summed E-state index contributed by atoms with van der Waals surface area (Å²) in [7, 11) is 1.50. The van der Waals surface area contributed by atoms with Crippen LogP contribution in [0, 0.1) is 6.92 Å². The third-order valence-corrected chi connectivity index (χ3v) is 5.47. The van der Waals surface area contributed by atoms with E-state index >= 15 is 0 Å². The standard InChI is InChI=1S/C20H22Cl2N2O2/c1-14-5-3-4-6-15(14)13-23-7-9-24(10-8-23)20(25)16-11-17(21)19(26-2)18(22)12-16/h3-6,11-12H,7-10,13H2,1-2H3/p+1. The van der Waals surface area contributed by atoms with E-state index in [0.29, 0.717) is 21.4 Å². The highest BCUT2D eigenvalue weighted by molar-refractivity contribution is 6.37. The maximum absolute atomic E-state index is 12.8. The summed E-state index contributed by atoms with van der Waals surface area (Å²) in [5, 5.41) is 0.708. The fraction of sp³-hybridized carbons (Fsp3) is 0.350. The molecule has 2 aromatic rings. The van der Waals surface area contributed by atoms with Crippen molar-refractivity contribution in [3.8, 4) is 5.75 Å². The van der Waals surface area contributed by atoms with Crippen LogP contribution >= 0.6 is 23.2 Å². The maximum atomic E-state index is 12.8. The van der Waals surface area contributed by atoms with Crippen molar-refractivity contribution < 1.29 is 14.4 Å². The number of piperazine rings is 1. The van der Waals surface area contributed by atoms with Crippen LogP contribution in [-0.2, 0) is 6.54 Å². The minimum absolute atomic E-state index is 0.0357. The number of hydrogen-bond donors (Lipinski definition) is 1. The van der Waals surface area contributed by atoms with E-state index in [1.165, 1.54) is 23.1 Å². The summed E-state index contributed by atoms with van der Waals surface area (Å²) in [5.41, 5.74) is 3.19. The molecule has 0 saturated carbocycles. The number of carbonyl (C=O) groups is 1. The fourth-order valence-electron chi connectivity index (χ4n) is 3.34. The molecule has 0 bridgehead atoms. The Bertz CT molecular complexity index is 779. The maximum Gasteiger partial charge on any atom is 0.254 e. The van der Waals surface area contributed by atoms with Crippen LogP contribution in [0.3, 0.4) is 0 Å². The summed E-state index contributed by atoms with van der Waals surface area (Å²) in [5.74, 6) is 0.365. The molecule has 0 aliphatic carbocycles. The lowest BCUT2D eigenvalue weighted by atomic mass is 10.1. The van der Waals surface area contributed by atoms with Crippen molar-refractivity contribution in [1.82, 2.24) is 4.90 Å². The molecule has 1 N–H and O–H groups in total. The number of ether oxygens (including phenoxy) is 1. The van der Waals surface area contributed by atoms with Crippen molar-refractivity contribution in [1.29, 1.82) is 0 Å². The summed E-state index contributed by atoms with van der Waals surface area (Å²) in [6, 6.07) is 11.7. The summed E-state index contributed by atoms with van der Waals surface area (Å²) >= 11 is 12.3. The van der Waals surface area contributed by atoms with E-state index in [4.69, 9.17) is 27.9 Å². The molecule has 0 aromatic heterocycles. The van der Waals surface area contributed by atoms with Gasteiger partial charge in [-0.15, -0.1) is 0 Å². The van der Waals surface area contributed by atoms with Crippen LogP contribution in [-0.4, -0.2) is 44.1 Å². The highest BCUT2D eigenvalue weighted by Crippen LogP contribution is 2.34. The van der Waals surface area contributed by atoms with Crippen molar-refractivity contribution in [2.75, 3.05) is 33.3 Å². The molecular formula is C20H23Cl2N2O2+. The predicted molar refractivity (Wildman–Crippen MR) is 104 cm³/mol. The molecule has 1 aliphatic heterocycles. The quantitative estimate of drug-likeness (QED) is 0.866. The lowest BCUT2D eigenvalue weighted by Gasteiger charge is -2.32. The van der Waals surface area contributed by atoms with E-state index in [2.05, 4.69) is 31.2 Å². The van der Waals surface area contributed by atoms with E-state index in [-0.39, 0.29) is 5.91 Å². The zero-order chi connectivity index (χ0) is 18.7. The topological polar surface area (TPSA) is 34.0 Å². The molecule has 1 saturated heterocycles. The van der Waals surface area contributed by atoms with Gasteiger partial charge in [-0.05, 0) is 24.6 Å². The lowest BCUT2D eigenvalue weighted by Crippen LogP contribution is -3.13. The van der Waals surface area contributed by atoms with Crippen LogP contribution in [0.25, 0.3) is 0 Å². The molecule has 2 aromatic carbocycles. The van der Waals surface area contributed by atoms with E-state index in [1.54, 1.807) is 12.1 Å². The van der Waals surface area contributed by atoms with E-state index in [1.807, 2.05) is 4.90 Å². The Morgan fingerprint density at radius 1 is 1.15 bits per heavy atom. The summed E-state index contributed by atoms with van der Waals surface area (Å²) in [6.07, 6.45) is 0. The van der Waals surface area contributed by atoms with Gasteiger partial charge < -0.3 is 14.5 Å². The number of benzene rings is 2. The van der Waals surface area contributed by atoms with E-state index in [0.717, 1.165) is 32.7 Å². The van der Waals surface area contributed by atoms with Crippen molar-refractivity contribution in [2.24, 2.45) is 0 Å². The molecule has 0 radical (unpaired) electrons. The molecule has 1 amide bonds. The molecule has 26 heavy (non-hydrogen) atoms. The first kappa shape index (κ1) is 19.0. The van der Waals surface area contributed by atoms with Crippen LogP contribution < -0.4 is 9.64 Å². The van der Waals surface area contributed by atoms with Gasteiger partial charge in [0.25, 0.3) is 5.91 Å². The minimum Gasteiger partial charge on any atom is -0.494 e. The summed E-state index contributed by atoms with van der Waals surface area (Å²) in [4.78, 5) is 16.1. The van der Waals surface area contributed by atoms with Gasteiger partial charge in [-0.25, -0.2) is 0 Å². The second-order valence-corrected chi connectivity index (χ2v) is 7.43. The average molecular weight is 394 g/mol. The van der Waals surface area contributed by atoms with Gasteiger partial charge in [-0.1, -0.05) is 47.5 Å². The van der Waals surface area contributed by atoms with E-state index in [9.17, 15) is 4.79 Å². The molecule has 1 heterocycles. The molecule has 138 valence electrons. The fourth-order valence-corrected chi connectivity index (χ4v) is 3.98. The number of rotatable bonds is 4. The predicted octanol–water partition coefficient (Wildman–Crippen LogP) is 2.85. The van der Waals surface area contributed by atoms with Gasteiger partial charge in [-0.3, -0.25) is 4.79 Å². The number of hydrogen-bond acceptors (Lipinski definition) is 2. The first-order valence-corrected chi connectivity index (χ1v) is 9.45. The molecule has 0 spiro atoms. The molecule has 6 heteroatoms. The minimum atomic E-state index is -0.0357. The number of halogens is 2. The molecule has 0 atom stereocenters. The SMILES string of the molecule is COc1c(Cl)cc(C(=O)N2CC[NH+](Cc3ccccc3C)CC2)cc1Cl. The van der Waals surface area contributed by atoms with Gasteiger partial charge in [-0.2, -0.15) is 0 Å². The van der Waals surface area contributed by atoms with E-state index < -0.39 is 0 Å². The molecule has 1 fully saturated rings. The molecular weight excluding hydrogens is 371 g/mol. The smallest absolute Gasteiger partial charge is 0.254 e. The second-order valence-electron chi connectivity index (χ2n) is 6.62. The summed E-state index contributed by atoms with van der Waals surface area (Å²) in [6.45, 7) is 6.44. The second kappa shape index (κ2) is 8.30. The number of nitrogens with one attached hydrogen (secondary N) is 1. The Kier molecular flexibility index (Phi) is 6.07. The normalized spacial score (nSPS) is 15.2. The number of amides is 1. The molecule has 4 nitrogen and oxygen atoms in total. The highest BCUT2D eigenvalue weighted by Gasteiger charge is 2.26. The van der Waals surface area contributed by atoms with Crippen molar-refractivity contribution in [3.63, 3.8) is 0 Å². The number of nitrogens with zero attached hydrogens (tertiary/aromatic N) is 1.